The molecule has 3 nitrogen and oxygen atoms in total. The molecule has 18 heavy (non-hydrogen) atoms. The Hall–Kier alpha value is -1.40. The zero-order valence-electron chi connectivity index (χ0n) is 10.1. The van der Waals surface area contributed by atoms with Crippen molar-refractivity contribution in [2.24, 2.45) is 0 Å². The summed E-state index contributed by atoms with van der Waals surface area (Å²) in [4.78, 5) is 0.946. The highest BCUT2D eigenvalue weighted by Crippen LogP contribution is 2.25. The molecule has 0 aliphatic heterocycles. The average Bonchev–Trinajstić information content (AvgIpc) is 2.77. The predicted molar refractivity (Wildman–Crippen MR) is 66.5 cm³/mol. The van der Waals surface area contributed by atoms with E-state index in [0.717, 1.165) is 16.6 Å². The van der Waals surface area contributed by atoms with Gasteiger partial charge in [0.2, 0.25) is 0 Å². The Kier molecular flexibility index (Phi) is 3.98. The van der Waals surface area contributed by atoms with Gasteiger partial charge in [0.25, 0.3) is 0 Å². The number of likely N-dealkylation sites (N-methyl/N-ethyl adjacent to an activating group) is 1. The fraction of sp³-hybridized carbons (Fsp3) is 0.333. The van der Waals surface area contributed by atoms with Crippen LogP contribution in [0.3, 0.4) is 0 Å². The van der Waals surface area contributed by atoms with E-state index in [1.165, 1.54) is 17.6 Å². The number of nitrogens with zero attached hydrogens (tertiary/aromatic N) is 2. The van der Waals surface area contributed by atoms with Crippen molar-refractivity contribution in [2.45, 2.75) is 19.4 Å². The van der Waals surface area contributed by atoms with E-state index in [2.05, 4.69) is 14.9 Å². The van der Waals surface area contributed by atoms with Crippen LogP contribution in [0.25, 0.3) is 0 Å². The lowest BCUT2D eigenvalue weighted by molar-refractivity contribution is 0.487. The van der Waals surface area contributed by atoms with Gasteiger partial charge in [-0.25, -0.2) is 8.78 Å². The molecule has 6 heteroatoms. The van der Waals surface area contributed by atoms with Gasteiger partial charge in [-0.05, 0) is 43.6 Å². The smallest absolute Gasteiger partial charge is 0.162 e. The second kappa shape index (κ2) is 5.49. The summed E-state index contributed by atoms with van der Waals surface area (Å²) in [7, 11) is 1.78. The highest BCUT2D eigenvalue weighted by Gasteiger charge is 2.18. The van der Waals surface area contributed by atoms with Crippen LogP contribution in [-0.4, -0.2) is 16.6 Å². The number of hydrogen-bond acceptors (Lipinski definition) is 4. The van der Waals surface area contributed by atoms with Crippen molar-refractivity contribution in [1.29, 1.82) is 0 Å². The van der Waals surface area contributed by atoms with Crippen molar-refractivity contribution >= 4 is 11.5 Å². The Morgan fingerprint density at radius 1 is 1.39 bits per heavy atom. The Morgan fingerprint density at radius 2 is 2.17 bits per heavy atom. The van der Waals surface area contributed by atoms with Gasteiger partial charge in [-0.2, -0.15) is 0 Å². The minimum absolute atomic E-state index is 0.110. The molecule has 2 rings (SSSR count). The number of rotatable bonds is 4. The molecule has 1 aromatic heterocycles. The highest BCUT2D eigenvalue weighted by molar-refractivity contribution is 7.05. The molecule has 1 N–H and O–H groups in total. The maximum atomic E-state index is 13.6. The van der Waals surface area contributed by atoms with Gasteiger partial charge in [0.05, 0.1) is 10.6 Å². The second-order valence-corrected chi connectivity index (χ2v) is 4.77. The molecule has 0 saturated carbocycles. The third-order valence-corrected chi connectivity index (χ3v) is 3.75. The van der Waals surface area contributed by atoms with Crippen molar-refractivity contribution < 1.29 is 8.78 Å². The van der Waals surface area contributed by atoms with Gasteiger partial charge in [0.15, 0.2) is 11.6 Å². The summed E-state index contributed by atoms with van der Waals surface area (Å²) in [6, 6.07) is 4.11. The largest absolute Gasteiger partial charge is 0.312 e. The van der Waals surface area contributed by atoms with E-state index in [1.54, 1.807) is 13.1 Å². The van der Waals surface area contributed by atoms with Crippen molar-refractivity contribution in [2.75, 3.05) is 7.05 Å². The number of nitrogens with one attached hydrogen (secondary N) is 1. The average molecular weight is 269 g/mol. The lowest BCUT2D eigenvalue weighted by atomic mass is 10.0. The van der Waals surface area contributed by atoms with E-state index in [1.807, 2.05) is 6.92 Å². The normalized spacial score (nSPS) is 12.7. The van der Waals surface area contributed by atoms with Crippen molar-refractivity contribution in [1.82, 2.24) is 14.9 Å². The molecule has 1 aromatic carbocycles. The molecule has 0 aliphatic rings. The van der Waals surface area contributed by atoms with Gasteiger partial charge in [0, 0.05) is 6.04 Å². The number of aromatic nitrogens is 2. The molecule has 0 radical (unpaired) electrons. The summed E-state index contributed by atoms with van der Waals surface area (Å²) in [6.45, 7) is 1.85. The first kappa shape index (κ1) is 13.0. The first-order chi connectivity index (χ1) is 8.63. The van der Waals surface area contributed by atoms with Gasteiger partial charge in [0.1, 0.15) is 0 Å². The molecule has 0 saturated heterocycles. The van der Waals surface area contributed by atoms with E-state index < -0.39 is 11.6 Å². The summed E-state index contributed by atoms with van der Waals surface area (Å²) in [6.07, 6.45) is 0.366. The van der Waals surface area contributed by atoms with Crippen LogP contribution in [-0.2, 0) is 6.42 Å². The van der Waals surface area contributed by atoms with Gasteiger partial charge >= 0.3 is 0 Å². The summed E-state index contributed by atoms with van der Waals surface area (Å²) < 4.78 is 30.6. The molecule has 1 heterocycles. The zero-order valence-corrected chi connectivity index (χ0v) is 10.9. The fourth-order valence-corrected chi connectivity index (χ4v) is 2.56. The third kappa shape index (κ3) is 2.54. The standard InChI is InChI=1S/C12H13F2N3S/c1-7-12(18-17-16-7)10(15-2)6-8-4-3-5-9(13)11(8)14/h3-5,10,15H,6H2,1-2H3. The minimum Gasteiger partial charge on any atom is -0.312 e. The molecule has 1 unspecified atom stereocenters. The minimum atomic E-state index is -0.818. The molecule has 0 amide bonds. The molecule has 1 atom stereocenters. The molecule has 0 bridgehead atoms. The van der Waals surface area contributed by atoms with Gasteiger partial charge in [-0.3, -0.25) is 0 Å². The third-order valence-electron chi connectivity index (χ3n) is 2.81. The SMILES string of the molecule is CNC(Cc1cccc(F)c1F)c1snnc1C. The highest BCUT2D eigenvalue weighted by atomic mass is 32.1. The van der Waals surface area contributed by atoms with Crippen LogP contribution in [0.15, 0.2) is 18.2 Å². The first-order valence-electron chi connectivity index (χ1n) is 5.52. The van der Waals surface area contributed by atoms with E-state index in [4.69, 9.17) is 0 Å². The predicted octanol–water partition coefficient (Wildman–Crippen LogP) is 2.63. The molecule has 0 aliphatic carbocycles. The van der Waals surface area contributed by atoms with Crippen molar-refractivity contribution in [3.8, 4) is 0 Å². The number of hydrogen-bond donors (Lipinski definition) is 1. The Labute approximate surface area is 108 Å². The molecule has 0 spiro atoms. The fourth-order valence-electron chi connectivity index (χ4n) is 1.81. The first-order valence-corrected chi connectivity index (χ1v) is 6.29. The van der Waals surface area contributed by atoms with Gasteiger partial charge in [-0.15, -0.1) is 5.10 Å². The maximum Gasteiger partial charge on any atom is 0.162 e. The lowest BCUT2D eigenvalue weighted by Crippen LogP contribution is -2.19. The maximum absolute atomic E-state index is 13.6. The number of benzene rings is 1. The summed E-state index contributed by atoms with van der Waals surface area (Å²) >= 11 is 1.27. The Bertz CT molecular complexity index is 542. The molecule has 2 aromatic rings. The topological polar surface area (TPSA) is 37.8 Å². The van der Waals surface area contributed by atoms with Crippen molar-refractivity contribution in [3.63, 3.8) is 0 Å². The molecular weight excluding hydrogens is 256 g/mol. The van der Waals surface area contributed by atoms with Crippen LogP contribution in [0.2, 0.25) is 0 Å². The van der Waals surface area contributed by atoms with Crippen LogP contribution in [0.1, 0.15) is 22.2 Å². The monoisotopic (exact) mass is 269 g/mol. The summed E-state index contributed by atoms with van der Waals surface area (Å²) in [5.41, 5.74) is 1.17. The van der Waals surface area contributed by atoms with Crippen LogP contribution >= 0.6 is 11.5 Å². The Morgan fingerprint density at radius 3 is 2.78 bits per heavy atom. The van der Waals surface area contributed by atoms with Gasteiger partial charge in [-0.1, -0.05) is 16.6 Å². The quantitative estimate of drug-likeness (QED) is 0.927. The molecular formula is C12H13F2N3S. The van der Waals surface area contributed by atoms with E-state index >= 15 is 0 Å². The molecule has 96 valence electrons. The second-order valence-electron chi connectivity index (χ2n) is 3.98. The van der Waals surface area contributed by atoms with Crippen LogP contribution in [0.5, 0.6) is 0 Å². The van der Waals surface area contributed by atoms with Crippen molar-refractivity contribution in [3.05, 3.63) is 46.0 Å². The lowest BCUT2D eigenvalue weighted by Gasteiger charge is -2.15. The van der Waals surface area contributed by atoms with E-state index in [0.29, 0.717) is 12.0 Å². The zero-order chi connectivity index (χ0) is 13.1. The Balaban J connectivity index is 2.26. The van der Waals surface area contributed by atoms with Crippen LogP contribution < -0.4 is 5.32 Å². The van der Waals surface area contributed by atoms with Crippen LogP contribution in [0.4, 0.5) is 8.78 Å². The van der Waals surface area contributed by atoms with E-state index in [9.17, 15) is 8.78 Å². The number of aryl methyl sites for hydroxylation is 1. The van der Waals surface area contributed by atoms with E-state index in [-0.39, 0.29) is 6.04 Å². The summed E-state index contributed by atoms with van der Waals surface area (Å²) in [5.74, 6) is -1.60. The summed E-state index contributed by atoms with van der Waals surface area (Å²) in [5, 5.41) is 7.01. The van der Waals surface area contributed by atoms with Crippen LogP contribution in [0, 0.1) is 18.6 Å². The number of halogens is 2. The van der Waals surface area contributed by atoms with Gasteiger partial charge < -0.3 is 5.32 Å². The molecule has 0 fully saturated rings.